The number of amides is 1. The normalized spacial score (nSPS) is 12.2. The molecule has 6 heteroatoms. The summed E-state index contributed by atoms with van der Waals surface area (Å²) in [5.41, 5.74) is 1.46. The smallest absolute Gasteiger partial charge is 0.247 e. The number of halogens is 1. The van der Waals surface area contributed by atoms with Gasteiger partial charge in [0.1, 0.15) is 11.9 Å². The minimum atomic E-state index is -0.633. The summed E-state index contributed by atoms with van der Waals surface area (Å²) in [5.74, 6) is 0.357. The number of nitrogens with zero attached hydrogens (tertiary/aromatic N) is 2. The Labute approximate surface area is 151 Å². The van der Waals surface area contributed by atoms with Crippen molar-refractivity contribution in [2.24, 2.45) is 5.92 Å². The molecule has 0 fully saturated rings. The molecule has 1 heterocycles. The molecule has 0 radical (unpaired) electrons. The van der Waals surface area contributed by atoms with E-state index in [1.807, 2.05) is 44.2 Å². The van der Waals surface area contributed by atoms with Crippen LogP contribution in [0.1, 0.15) is 37.8 Å². The predicted molar refractivity (Wildman–Crippen MR) is 95.6 cm³/mol. The maximum Gasteiger partial charge on any atom is 0.247 e. The molecule has 0 bridgehead atoms. The third kappa shape index (κ3) is 4.33. The van der Waals surface area contributed by atoms with Crippen molar-refractivity contribution in [3.8, 4) is 11.5 Å². The zero-order valence-electron chi connectivity index (χ0n) is 14.6. The summed E-state index contributed by atoms with van der Waals surface area (Å²) in [4.78, 5) is 12.3. The van der Waals surface area contributed by atoms with Crippen molar-refractivity contribution in [2.45, 2.75) is 26.3 Å². The number of carbonyl (C=O) groups excluding carboxylic acids is 1. The third-order valence-corrected chi connectivity index (χ3v) is 3.81. The van der Waals surface area contributed by atoms with Gasteiger partial charge in [0.25, 0.3) is 0 Å². The lowest BCUT2D eigenvalue weighted by Crippen LogP contribution is -2.30. The molecule has 0 aliphatic rings. The summed E-state index contributed by atoms with van der Waals surface area (Å²) < 4.78 is 19.1. The van der Waals surface area contributed by atoms with E-state index in [9.17, 15) is 9.18 Å². The minimum absolute atomic E-state index is 0.131. The van der Waals surface area contributed by atoms with E-state index < -0.39 is 6.04 Å². The first kappa shape index (κ1) is 17.8. The summed E-state index contributed by atoms with van der Waals surface area (Å²) >= 11 is 0. The van der Waals surface area contributed by atoms with E-state index in [2.05, 4.69) is 15.5 Å². The lowest BCUT2D eigenvalue weighted by Gasteiger charge is -2.16. The van der Waals surface area contributed by atoms with Gasteiger partial charge in [-0.2, -0.15) is 0 Å². The van der Waals surface area contributed by atoms with E-state index in [1.165, 1.54) is 12.1 Å². The largest absolute Gasteiger partial charge is 0.418 e. The first-order valence-electron chi connectivity index (χ1n) is 8.46. The van der Waals surface area contributed by atoms with Crippen LogP contribution in [0.4, 0.5) is 4.39 Å². The molecular formula is C20H20FN3O2. The Morgan fingerprint density at radius 3 is 2.42 bits per heavy atom. The van der Waals surface area contributed by atoms with Crippen molar-refractivity contribution in [1.82, 2.24) is 15.5 Å². The van der Waals surface area contributed by atoms with Gasteiger partial charge in [-0.1, -0.05) is 44.2 Å². The maximum atomic E-state index is 13.3. The highest BCUT2D eigenvalue weighted by Crippen LogP contribution is 2.25. The van der Waals surface area contributed by atoms with Crippen molar-refractivity contribution in [1.29, 1.82) is 0 Å². The van der Waals surface area contributed by atoms with Gasteiger partial charge >= 0.3 is 0 Å². The van der Waals surface area contributed by atoms with E-state index in [0.29, 0.717) is 17.9 Å². The number of hydrogen-bond donors (Lipinski definition) is 1. The average molecular weight is 353 g/mol. The Balaban J connectivity index is 1.91. The van der Waals surface area contributed by atoms with Crippen molar-refractivity contribution in [3.05, 3.63) is 71.9 Å². The van der Waals surface area contributed by atoms with Crippen molar-refractivity contribution >= 4 is 5.91 Å². The topological polar surface area (TPSA) is 68.0 Å². The van der Waals surface area contributed by atoms with Crippen LogP contribution in [0.5, 0.6) is 0 Å². The monoisotopic (exact) mass is 353 g/mol. The van der Waals surface area contributed by atoms with Crippen LogP contribution in [-0.4, -0.2) is 16.1 Å². The Morgan fingerprint density at radius 2 is 1.77 bits per heavy atom. The molecule has 0 aliphatic heterocycles. The standard InChI is InChI=1S/C20H20FN3O2/c1-13(2)12-17(25)22-18(14-8-10-16(21)11-9-14)20-24-23-19(26-20)15-6-4-3-5-7-15/h3-11,13,18H,12H2,1-2H3,(H,22,25)/t18-/m1/s1. The number of carbonyl (C=O) groups is 1. The molecule has 26 heavy (non-hydrogen) atoms. The van der Waals surface area contributed by atoms with Gasteiger partial charge < -0.3 is 9.73 Å². The molecule has 0 saturated heterocycles. The van der Waals surface area contributed by atoms with Crippen LogP contribution in [-0.2, 0) is 4.79 Å². The van der Waals surface area contributed by atoms with Gasteiger partial charge in [-0.25, -0.2) is 4.39 Å². The molecule has 0 unspecified atom stereocenters. The van der Waals surface area contributed by atoms with Crippen LogP contribution >= 0.6 is 0 Å². The lowest BCUT2D eigenvalue weighted by molar-refractivity contribution is -0.122. The van der Waals surface area contributed by atoms with E-state index in [1.54, 1.807) is 12.1 Å². The number of hydrogen-bond acceptors (Lipinski definition) is 4. The molecule has 0 spiro atoms. The SMILES string of the molecule is CC(C)CC(=O)N[C@H](c1ccc(F)cc1)c1nnc(-c2ccccc2)o1. The fraction of sp³-hybridized carbons (Fsp3) is 0.250. The van der Waals surface area contributed by atoms with Crippen LogP contribution in [0, 0.1) is 11.7 Å². The van der Waals surface area contributed by atoms with Crippen molar-refractivity contribution in [3.63, 3.8) is 0 Å². The highest BCUT2D eigenvalue weighted by atomic mass is 19.1. The van der Waals surface area contributed by atoms with Crippen LogP contribution < -0.4 is 5.32 Å². The van der Waals surface area contributed by atoms with E-state index in [4.69, 9.17) is 4.42 Å². The Hall–Kier alpha value is -3.02. The minimum Gasteiger partial charge on any atom is -0.418 e. The quantitative estimate of drug-likeness (QED) is 0.723. The van der Waals surface area contributed by atoms with E-state index in [0.717, 1.165) is 5.56 Å². The van der Waals surface area contributed by atoms with Crippen LogP contribution in [0.25, 0.3) is 11.5 Å². The zero-order valence-corrected chi connectivity index (χ0v) is 14.6. The lowest BCUT2D eigenvalue weighted by atomic mass is 10.1. The summed E-state index contributed by atoms with van der Waals surface area (Å²) in [6, 6.07) is 14.6. The summed E-state index contributed by atoms with van der Waals surface area (Å²) in [6.07, 6.45) is 0.372. The molecule has 1 aromatic heterocycles. The second kappa shape index (κ2) is 7.91. The molecule has 3 rings (SSSR count). The highest BCUT2D eigenvalue weighted by Gasteiger charge is 2.23. The van der Waals surface area contributed by atoms with Gasteiger partial charge in [-0.3, -0.25) is 4.79 Å². The molecule has 134 valence electrons. The molecule has 1 N–H and O–H groups in total. The van der Waals surface area contributed by atoms with Crippen LogP contribution in [0.2, 0.25) is 0 Å². The fourth-order valence-corrected chi connectivity index (χ4v) is 2.58. The summed E-state index contributed by atoms with van der Waals surface area (Å²) in [5, 5.41) is 11.1. The zero-order chi connectivity index (χ0) is 18.5. The van der Waals surface area contributed by atoms with Gasteiger partial charge in [0, 0.05) is 12.0 Å². The first-order chi connectivity index (χ1) is 12.5. The second-order valence-corrected chi connectivity index (χ2v) is 6.46. The van der Waals surface area contributed by atoms with Crippen LogP contribution in [0.3, 0.4) is 0 Å². The van der Waals surface area contributed by atoms with Gasteiger partial charge in [0.2, 0.25) is 17.7 Å². The molecule has 3 aromatic rings. The summed E-state index contributed by atoms with van der Waals surface area (Å²) in [6.45, 7) is 3.93. The molecule has 0 saturated carbocycles. The van der Waals surface area contributed by atoms with Crippen molar-refractivity contribution in [2.75, 3.05) is 0 Å². The van der Waals surface area contributed by atoms with Gasteiger partial charge in [0.05, 0.1) is 0 Å². The molecule has 2 aromatic carbocycles. The number of nitrogens with one attached hydrogen (secondary N) is 1. The molecular weight excluding hydrogens is 333 g/mol. The fourth-order valence-electron chi connectivity index (χ4n) is 2.58. The maximum absolute atomic E-state index is 13.3. The first-order valence-corrected chi connectivity index (χ1v) is 8.46. The number of benzene rings is 2. The number of aromatic nitrogens is 2. The second-order valence-electron chi connectivity index (χ2n) is 6.46. The average Bonchev–Trinajstić information content (AvgIpc) is 3.10. The van der Waals surface area contributed by atoms with Gasteiger partial charge in [0.15, 0.2) is 0 Å². The van der Waals surface area contributed by atoms with Gasteiger partial charge in [-0.05, 0) is 35.7 Å². The summed E-state index contributed by atoms with van der Waals surface area (Å²) in [7, 11) is 0. The van der Waals surface area contributed by atoms with Crippen molar-refractivity contribution < 1.29 is 13.6 Å². The molecule has 0 aliphatic carbocycles. The van der Waals surface area contributed by atoms with Gasteiger partial charge in [-0.15, -0.1) is 10.2 Å². The van der Waals surface area contributed by atoms with Crippen LogP contribution in [0.15, 0.2) is 59.0 Å². The third-order valence-electron chi connectivity index (χ3n) is 3.81. The van der Waals surface area contributed by atoms with E-state index >= 15 is 0 Å². The Kier molecular flexibility index (Phi) is 5.41. The molecule has 5 nitrogen and oxygen atoms in total. The Bertz CT molecular complexity index is 860. The van der Waals surface area contributed by atoms with E-state index in [-0.39, 0.29) is 23.5 Å². The Morgan fingerprint density at radius 1 is 1.08 bits per heavy atom. The number of rotatable bonds is 6. The molecule has 1 atom stereocenters. The predicted octanol–water partition coefficient (Wildman–Crippen LogP) is 4.13. The molecule has 1 amide bonds. The highest BCUT2D eigenvalue weighted by molar-refractivity contribution is 5.77.